The molecule has 0 saturated heterocycles. The maximum absolute atomic E-state index is 14.9. The van der Waals surface area contributed by atoms with Gasteiger partial charge in [0.15, 0.2) is 11.6 Å². The Hall–Kier alpha value is -2.14. The molecule has 0 N–H and O–H groups in total. The quantitative estimate of drug-likeness (QED) is 0.272. The largest absolute Gasteiger partial charge is 0.378 e. The van der Waals surface area contributed by atoms with Gasteiger partial charge in [-0.2, -0.15) is 0 Å². The van der Waals surface area contributed by atoms with Gasteiger partial charge in [-0.15, -0.1) is 0 Å². The van der Waals surface area contributed by atoms with Crippen LogP contribution in [0.1, 0.15) is 80.5 Å². The van der Waals surface area contributed by atoms with Gasteiger partial charge in [-0.05, 0) is 104 Å². The van der Waals surface area contributed by atoms with Crippen molar-refractivity contribution >= 4 is 11.6 Å². The van der Waals surface area contributed by atoms with Gasteiger partial charge in [0.1, 0.15) is 11.6 Å². The Balaban J connectivity index is 1.32. The molecule has 1 nitrogen and oxygen atoms in total. The number of aryl methyl sites for hydroxylation is 1. The standard InChI is InChI=1S/C28H32F4O/c1-2-3-4-11-33-23-9-7-18(8-10-23)5-6-19-12-26(31)28(27(32)13-19)22-14-20-16-24(29)25(30)17-21(20)15-22/h12-14,16-18,23H,2-11,15H2,1H3. The lowest BCUT2D eigenvalue weighted by atomic mass is 9.83. The maximum atomic E-state index is 14.9. The van der Waals surface area contributed by atoms with Gasteiger partial charge in [-0.3, -0.25) is 0 Å². The third kappa shape index (κ3) is 5.87. The van der Waals surface area contributed by atoms with Crippen molar-refractivity contribution in [3.8, 4) is 0 Å². The predicted molar refractivity (Wildman–Crippen MR) is 124 cm³/mol. The molecule has 0 amide bonds. The lowest BCUT2D eigenvalue weighted by molar-refractivity contribution is 0.0155. The average molecular weight is 461 g/mol. The summed E-state index contributed by atoms with van der Waals surface area (Å²) in [4.78, 5) is 0. The molecule has 1 fully saturated rings. The molecule has 2 aromatic carbocycles. The smallest absolute Gasteiger partial charge is 0.159 e. The first-order chi connectivity index (χ1) is 15.9. The molecule has 2 aliphatic rings. The highest BCUT2D eigenvalue weighted by Crippen LogP contribution is 2.36. The molecule has 2 aliphatic carbocycles. The summed E-state index contributed by atoms with van der Waals surface area (Å²) in [5.74, 6) is -2.58. The van der Waals surface area contributed by atoms with E-state index in [0.29, 0.717) is 40.7 Å². The second-order valence-electron chi connectivity index (χ2n) is 9.51. The van der Waals surface area contributed by atoms with E-state index in [1.54, 1.807) is 6.08 Å². The highest BCUT2D eigenvalue weighted by Gasteiger charge is 2.24. The van der Waals surface area contributed by atoms with Crippen molar-refractivity contribution in [3.63, 3.8) is 0 Å². The van der Waals surface area contributed by atoms with E-state index in [1.807, 2.05) is 0 Å². The first-order valence-electron chi connectivity index (χ1n) is 12.2. The molecule has 5 heteroatoms. The van der Waals surface area contributed by atoms with Gasteiger partial charge in [0.25, 0.3) is 0 Å². The number of allylic oxidation sites excluding steroid dienone is 1. The Morgan fingerprint density at radius 3 is 2.24 bits per heavy atom. The van der Waals surface area contributed by atoms with Crippen LogP contribution in [0.3, 0.4) is 0 Å². The summed E-state index contributed by atoms with van der Waals surface area (Å²) < 4.78 is 62.8. The molecule has 2 aromatic rings. The van der Waals surface area contributed by atoms with Crippen LogP contribution in [-0.2, 0) is 17.6 Å². The molecular weight excluding hydrogens is 428 g/mol. The normalized spacial score (nSPS) is 20.1. The first-order valence-corrected chi connectivity index (χ1v) is 12.2. The van der Waals surface area contributed by atoms with E-state index in [9.17, 15) is 17.6 Å². The van der Waals surface area contributed by atoms with Crippen molar-refractivity contribution in [2.24, 2.45) is 5.92 Å². The van der Waals surface area contributed by atoms with Gasteiger partial charge in [0, 0.05) is 12.2 Å². The molecule has 0 aromatic heterocycles. The second kappa shape index (κ2) is 10.9. The molecule has 0 unspecified atom stereocenters. The second-order valence-corrected chi connectivity index (χ2v) is 9.51. The number of rotatable bonds is 9. The van der Waals surface area contributed by atoms with Crippen LogP contribution < -0.4 is 0 Å². The number of benzene rings is 2. The summed E-state index contributed by atoms with van der Waals surface area (Å²) in [5.41, 5.74) is 1.97. The zero-order valence-electron chi connectivity index (χ0n) is 19.2. The molecule has 0 aliphatic heterocycles. The molecule has 1 saturated carbocycles. The predicted octanol–water partition coefficient (Wildman–Crippen LogP) is 8.04. The maximum Gasteiger partial charge on any atom is 0.159 e. The summed E-state index contributed by atoms with van der Waals surface area (Å²) in [5, 5.41) is 0. The summed E-state index contributed by atoms with van der Waals surface area (Å²) in [7, 11) is 0. The highest BCUT2D eigenvalue weighted by atomic mass is 19.2. The fourth-order valence-corrected chi connectivity index (χ4v) is 5.13. The molecule has 0 bridgehead atoms. The summed E-state index contributed by atoms with van der Waals surface area (Å²) in [6.45, 7) is 3.03. The van der Waals surface area contributed by atoms with Gasteiger partial charge >= 0.3 is 0 Å². The highest BCUT2D eigenvalue weighted by molar-refractivity contribution is 5.89. The minimum atomic E-state index is -0.959. The number of hydrogen-bond donors (Lipinski definition) is 0. The van der Waals surface area contributed by atoms with Crippen LogP contribution in [0, 0.1) is 29.2 Å². The average Bonchev–Trinajstić information content (AvgIpc) is 3.18. The SMILES string of the molecule is CCCCCOC1CCC(CCc2cc(F)c(C3=Cc4cc(F)c(F)cc4C3)c(F)c2)CC1. The lowest BCUT2D eigenvalue weighted by Crippen LogP contribution is -2.22. The van der Waals surface area contributed by atoms with E-state index in [1.165, 1.54) is 25.0 Å². The van der Waals surface area contributed by atoms with Crippen molar-refractivity contribution < 1.29 is 22.3 Å². The number of fused-ring (bicyclic) bond motifs is 1. The lowest BCUT2D eigenvalue weighted by Gasteiger charge is -2.28. The van der Waals surface area contributed by atoms with Crippen LogP contribution in [-0.4, -0.2) is 12.7 Å². The van der Waals surface area contributed by atoms with Gasteiger partial charge in [0.2, 0.25) is 0 Å². The van der Waals surface area contributed by atoms with E-state index in [-0.39, 0.29) is 12.0 Å². The molecular formula is C28H32F4O. The molecule has 33 heavy (non-hydrogen) atoms. The number of hydrogen-bond acceptors (Lipinski definition) is 1. The number of ether oxygens (including phenoxy) is 1. The van der Waals surface area contributed by atoms with E-state index in [4.69, 9.17) is 4.74 Å². The van der Waals surface area contributed by atoms with Crippen LogP contribution in [0.25, 0.3) is 11.6 Å². The molecule has 0 radical (unpaired) electrons. The van der Waals surface area contributed by atoms with Gasteiger partial charge in [-0.25, -0.2) is 17.6 Å². The van der Waals surface area contributed by atoms with Crippen LogP contribution in [0.5, 0.6) is 0 Å². The van der Waals surface area contributed by atoms with Crippen molar-refractivity contribution in [2.45, 2.75) is 77.2 Å². The van der Waals surface area contributed by atoms with Gasteiger partial charge < -0.3 is 4.74 Å². The molecule has 0 heterocycles. The molecule has 4 rings (SSSR count). The Morgan fingerprint density at radius 2 is 1.55 bits per heavy atom. The zero-order chi connectivity index (χ0) is 23.4. The third-order valence-electron chi connectivity index (χ3n) is 7.05. The van der Waals surface area contributed by atoms with Crippen molar-refractivity contribution in [2.75, 3.05) is 6.61 Å². The van der Waals surface area contributed by atoms with E-state index < -0.39 is 23.3 Å². The molecule has 178 valence electrons. The van der Waals surface area contributed by atoms with Crippen molar-refractivity contribution in [3.05, 3.63) is 69.8 Å². The minimum absolute atomic E-state index is 0.100. The molecule has 0 spiro atoms. The van der Waals surface area contributed by atoms with Gasteiger partial charge in [-0.1, -0.05) is 25.8 Å². The Bertz CT molecular complexity index is 982. The Morgan fingerprint density at radius 1 is 0.848 bits per heavy atom. The topological polar surface area (TPSA) is 9.23 Å². The number of unbranched alkanes of at least 4 members (excludes halogenated alkanes) is 2. The van der Waals surface area contributed by atoms with E-state index in [2.05, 4.69) is 6.92 Å². The molecule has 0 atom stereocenters. The van der Waals surface area contributed by atoms with Crippen LogP contribution in [0.2, 0.25) is 0 Å². The van der Waals surface area contributed by atoms with Crippen LogP contribution >= 0.6 is 0 Å². The van der Waals surface area contributed by atoms with Crippen LogP contribution in [0.15, 0.2) is 24.3 Å². The Kier molecular flexibility index (Phi) is 7.90. The number of halogens is 4. The van der Waals surface area contributed by atoms with Crippen LogP contribution in [0.4, 0.5) is 17.6 Å². The monoisotopic (exact) mass is 460 g/mol. The van der Waals surface area contributed by atoms with E-state index >= 15 is 0 Å². The van der Waals surface area contributed by atoms with Crippen molar-refractivity contribution in [1.82, 2.24) is 0 Å². The van der Waals surface area contributed by atoms with Crippen molar-refractivity contribution in [1.29, 1.82) is 0 Å². The van der Waals surface area contributed by atoms with E-state index in [0.717, 1.165) is 57.3 Å². The minimum Gasteiger partial charge on any atom is -0.378 e. The summed E-state index contributed by atoms with van der Waals surface area (Å²) >= 11 is 0. The fraction of sp³-hybridized carbons (Fsp3) is 0.500. The van der Waals surface area contributed by atoms with Gasteiger partial charge in [0.05, 0.1) is 6.10 Å². The third-order valence-corrected chi connectivity index (χ3v) is 7.05. The summed E-state index contributed by atoms with van der Waals surface area (Å²) in [6, 6.07) is 4.99. The first kappa shape index (κ1) is 24.0. The Labute approximate surface area is 193 Å². The summed E-state index contributed by atoms with van der Waals surface area (Å²) in [6.07, 6.45) is 11.5. The fourth-order valence-electron chi connectivity index (χ4n) is 5.13. The zero-order valence-corrected chi connectivity index (χ0v) is 19.2.